The van der Waals surface area contributed by atoms with Crippen molar-refractivity contribution in [3.05, 3.63) is 0 Å². The van der Waals surface area contributed by atoms with Crippen molar-refractivity contribution in [3.8, 4) is 0 Å². The summed E-state index contributed by atoms with van der Waals surface area (Å²) >= 11 is 0. The van der Waals surface area contributed by atoms with Crippen LogP contribution in [0.4, 0.5) is 0 Å². The molecule has 0 spiro atoms. The first-order chi connectivity index (χ1) is 10.5. The largest absolute Gasteiger partial charge is 0.343 e. The predicted molar refractivity (Wildman–Crippen MR) is 98.4 cm³/mol. The zero-order valence-electron chi connectivity index (χ0n) is 15.4. The highest BCUT2D eigenvalue weighted by Gasteiger charge is 2.26. The number of rotatable bonds is 14. The number of amides is 1. The van der Waals surface area contributed by atoms with Gasteiger partial charge >= 0.3 is 0 Å². The highest BCUT2D eigenvalue weighted by atomic mass is 31.2. The predicted octanol–water partition coefficient (Wildman–Crippen LogP) is 5.38. The van der Waals surface area contributed by atoms with Crippen molar-refractivity contribution in [2.24, 2.45) is 0 Å². The molecule has 0 bridgehead atoms. The molecule has 0 aliphatic heterocycles. The Morgan fingerprint density at radius 2 is 1.23 bits per heavy atom. The van der Waals surface area contributed by atoms with E-state index in [0.29, 0.717) is 6.16 Å². The number of nitrogens with zero attached hydrogens (tertiary/aromatic N) is 1. The van der Waals surface area contributed by atoms with Crippen LogP contribution in [0.1, 0.15) is 79.1 Å². The standard InChI is InChI=1S/C18H38NO2P/c1-5-9-11-13-15-22(21,16-14-12-10-6-2)17-18(20)19(7-3)8-4/h5-17H2,1-4H3. The SMILES string of the molecule is CCCCCCP(=O)(CCCCCC)CC(=O)N(CC)CC. The van der Waals surface area contributed by atoms with Gasteiger partial charge in [0.2, 0.25) is 5.91 Å². The molecule has 0 aliphatic carbocycles. The Kier molecular flexibility index (Phi) is 13.0. The van der Waals surface area contributed by atoms with Crippen LogP contribution < -0.4 is 0 Å². The number of hydrogen-bond donors (Lipinski definition) is 0. The van der Waals surface area contributed by atoms with Crippen molar-refractivity contribution in [3.63, 3.8) is 0 Å². The highest BCUT2D eigenvalue weighted by Crippen LogP contribution is 2.47. The van der Waals surface area contributed by atoms with Crippen LogP contribution >= 0.6 is 7.14 Å². The van der Waals surface area contributed by atoms with E-state index in [1.54, 1.807) is 0 Å². The van der Waals surface area contributed by atoms with Crippen LogP contribution in [-0.2, 0) is 9.36 Å². The van der Waals surface area contributed by atoms with E-state index in [9.17, 15) is 9.36 Å². The van der Waals surface area contributed by atoms with E-state index < -0.39 is 7.14 Å². The molecule has 0 rings (SSSR count). The van der Waals surface area contributed by atoms with Crippen molar-refractivity contribution >= 4 is 13.0 Å². The smallest absolute Gasteiger partial charge is 0.229 e. The minimum absolute atomic E-state index is 0.0966. The summed E-state index contributed by atoms with van der Waals surface area (Å²) in [7, 11) is -2.33. The average molecular weight is 331 g/mol. The first-order valence-electron chi connectivity index (χ1n) is 9.37. The minimum atomic E-state index is -2.33. The molecule has 0 fully saturated rings. The molecular formula is C18H38NO2P. The summed E-state index contributed by atoms with van der Waals surface area (Å²) in [6, 6.07) is 0. The van der Waals surface area contributed by atoms with Gasteiger partial charge < -0.3 is 9.46 Å². The van der Waals surface area contributed by atoms with E-state index in [2.05, 4.69) is 13.8 Å². The van der Waals surface area contributed by atoms with Gasteiger partial charge in [0.15, 0.2) is 0 Å². The van der Waals surface area contributed by atoms with Gasteiger partial charge in [-0.2, -0.15) is 0 Å². The molecule has 132 valence electrons. The maximum Gasteiger partial charge on any atom is 0.229 e. The van der Waals surface area contributed by atoms with Crippen molar-refractivity contribution in [2.75, 3.05) is 31.6 Å². The van der Waals surface area contributed by atoms with E-state index in [-0.39, 0.29) is 5.91 Å². The Bertz CT molecular complexity index is 311. The molecule has 0 aromatic heterocycles. The molecule has 0 aromatic rings. The van der Waals surface area contributed by atoms with Crippen LogP contribution in [0.5, 0.6) is 0 Å². The summed E-state index contributed by atoms with van der Waals surface area (Å²) in [5, 5.41) is 0. The fraction of sp³-hybridized carbons (Fsp3) is 0.944. The molecule has 0 N–H and O–H groups in total. The van der Waals surface area contributed by atoms with Gasteiger partial charge in [-0.05, 0) is 26.7 Å². The van der Waals surface area contributed by atoms with Gasteiger partial charge in [-0.3, -0.25) is 4.79 Å². The monoisotopic (exact) mass is 331 g/mol. The maximum absolute atomic E-state index is 13.2. The Morgan fingerprint density at radius 1 is 0.773 bits per heavy atom. The van der Waals surface area contributed by atoms with Crippen LogP contribution in [-0.4, -0.2) is 42.4 Å². The molecule has 1 amide bonds. The third-order valence-electron chi connectivity index (χ3n) is 4.38. The zero-order chi connectivity index (χ0) is 16.8. The molecule has 0 unspecified atom stereocenters. The van der Waals surface area contributed by atoms with Crippen LogP contribution in [0.3, 0.4) is 0 Å². The zero-order valence-corrected chi connectivity index (χ0v) is 16.3. The number of hydrogen-bond acceptors (Lipinski definition) is 2. The molecule has 0 aromatic carbocycles. The Labute approximate surface area is 138 Å². The molecule has 0 saturated carbocycles. The maximum atomic E-state index is 13.2. The van der Waals surface area contributed by atoms with Gasteiger partial charge in [0.05, 0.1) is 13.3 Å². The second-order valence-electron chi connectivity index (χ2n) is 6.35. The summed E-state index contributed by atoms with van der Waals surface area (Å²) < 4.78 is 13.2. The Balaban J connectivity index is 4.54. The van der Waals surface area contributed by atoms with Crippen LogP contribution in [0, 0.1) is 0 Å². The first-order valence-corrected chi connectivity index (χ1v) is 11.6. The molecule has 0 heterocycles. The summed E-state index contributed by atoms with van der Waals surface area (Å²) in [6.45, 7) is 9.81. The van der Waals surface area contributed by atoms with Gasteiger partial charge in [-0.1, -0.05) is 52.4 Å². The number of carbonyl (C=O) groups excluding carboxylic acids is 1. The topological polar surface area (TPSA) is 37.4 Å². The second kappa shape index (κ2) is 13.2. The number of unbranched alkanes of at least 4 members (excludes halogenated alkanes) is 6. The lowest BCUT2D eigenvalue weighted by molar-refractivity contribution is -0.128. The summed E-state index contributed by atoms with van der Waals surface area (Å²) in [6.07, 6.45) is 11.0. The normalized spacial score (nSPS) is 11.6. The fourth-order valence-corrected chi connectivity index (χ4v) is 5.68. The van der Waals surface area contributed by atoms with Crippen molar-refractivity contribution in [1.29, 1.82) is 0 Å². The summed E-state index contributed by atoms with van der Waals surface area (Å²) in [5.41, 5.74) is 0. The quantitative estimate of drug-likeness (QED) is 0.316. The summed E-state index contributed by atoms with van der Waals surface area (Å²) in [4.78, 5) is 14.2. The van der Waals surface area contributed by atoms with Crippen molar-refractivity contribution in [2.45, 2.75) is 79.1 Å². The van der Waals surface area contributed by atoms with Gasteiger partial charge in [-0.15, -0.1) is 0 Å². The Morgan fingerprint density at radius 3 is 1.59 bits per heavy atom. The minimum Gasteiger partial charge on any atom is -0.343 e. The van der Waals surface area contributed by atoms with Gasteiger partial charge in [-0.25, -0.2) is 0 Å². The fourth-order valence-electron chi connectivity index (χ4n) is 2.85. The average Bonchev–Trinajstić information content (AvgIpc) is 2.49. The van der Waals surface area contributed by atoms with E-state index in [4.69, 9.17) is 0 Å². The first kappa shape index (κ1) is 21.7. The van der Waals surface area contributed by atoms with Gasteiger partial charge in [0.1, 0.15) is 0 Å². The molecule has 4 heteroatoms. The van der Waals surface area contributed by atoms with Gasteiger partial charge in [0.25, 0.3) is 0 Å². The molecule has 22 heavy (non-hydrogen) atoms. The molecule has 0 aliphatic rings. The Hall–Kier alpha value is -0.300. The van der Waals surface area contributed by atoms with Crippen LogP contribution in [0.2, 0.25) is 0 Å². The molecular weight excluding hydrogens is 293 g/mol. The summed E-state index contributed by atoms with van der Waals surface area (Å²) in [5.74, 6) is 0.0966. The highest BCUT2D eigenvalue weighted by molar-refractivity contribution is 7.64. The molecule has 0 saturated heterocycles. The lowest BCUT2D eigenvalue weighted by Gasteiger charge is -2.23. The lowest BCUT2D eigenvalue weighted by atomic mass is 10.2. The van der Waals surface area contributed by atoms with Crippen molar-refractivity contribution < 1.29 is 9.36 Å². The van der Waals surface area contributed by atoms with Crippen molar-refractivity contribution in [1.82, 2.24) is 4.90 Å². The molecule has 0 atom stereocenters. The van der Waals surface area contributed by atoms with E-state index in [1.165, 1.54) is 25.7 Å². The van der Waals surface area contributed by atoms with Crippen LogP contribution in [0.25, 0.3) is 0 Å². The van der Waals surface area contributed by atoms with Gasteiger partial charge in [0, 0.05) is 25.4 Å². The van der Waals surface area contributed by atoms with E-state index in [1.807, 2.05) is 18.7 Å². The third kappa shape index (κ3) is 9.66. The number of carbonyl (C=O) groups is 1. The van der Waals surface area contributed by atoms with E-state index >= 15 is 0 Å². The second-order valence-corrected chi connectivity index (χ2v) is 9.68. The van der Waals surface area contributed by atoms with E-state index in [0.717, 1.165) is 51.1 Å². The third-order valence-corrected chi connectivity index (χ3v) is 7.49. The van der Waals surface area contributed by atoms with Crippen LogP contribution in [0.15, 0.2) is 0 Å². The lowest BCUT2D eigenvalue weighted by Crippen LogP contribution is -2.33. The molecule has 0 radical (unpaired) electrons. The molecule has 3 nitrogen and oxygen atoms in total.